The summed E-state index contributed by atoms with van der Waals surface area (Å²) in [5, 5.41) is 0. The number of hydrogen-bond acceptors (Lipinski definition) is 4. The molecule has 21 heavy (non-hydrogen) atoms. The average Bonchev–Trinajstić information content (AvgIpc) is 2.85. The van der Waals surface area contributed by atoms with E-state index in [2.05, 4.69) is 9.97 Å². The van der Waals surface area contributed by atoms with Crippen LogP contribution in [0.4, 0.5) is 5.69 Å². The van der Waals surface area contributed by atoms with Gasteiger partial charge in [-0.25, -0.2) is 4.79 Å². The summed E-state index contributed by atoms with van der Waals surface area (Å²) in [7, 11) is 1.52. The van der Waals surface area contributed by atoms with Gasteiger partial charge in [0.15, 0.2) is 5.78 Å². The summed E-state index contributed by atoms with van der Waals surface area (Å²) < 4.78 is 5.07. The number of ether oxygens (including phenoxy) is 1. The molecule has 3 rings (SSSR count). The average molecular weight is 283 g/mol. The smallest absolute Gasteiger partial charge is 0.323 e. The fourth-order valence-corrected chi connectivity index (χ4v) is 2.22. The van der Waals surface area contributed by atoms with Gasteiger partial charge >= 0.3 is 5.69 Å². The number of H-pyrrole nitrogens is 2. The number of anilines is 1. The number of imidazole rings is 1. The predicted molar refractivity (Wildman–Crippen MR) is 79.8 cm³/mol. The molecule has 6 heteroatoms. The third-order valence-corrected chi connectivity index (χ3v) is 3.27. The largest absolute Gasteiger partial charge is 0.495 e. The van der Waals surface area contributed by atoms with E-state index in [4.69, 9.17) is 10.5 Å². The molecule has 0 fully saturated rings. The fraction of sp³-hybridized carbons (Fsp3) is 0.0667. The summed E-state index contributed by atoms with van der Waals surface area (Å²) in [6.07, 6.45) is 0. The SMILES string of the molecule is COc1ccc(C(=O)c2ccc3[nH]c(=O)[nH]c3c2)cc1N. The number of carbonyl (C=O) groups is 1. The Hall–Kier alpha value is -3.02. The van der Waals surface area contributed by atoms with E-state index in [-0.39, 0.29) is 11.5 Å². The van der Waals surface area contributed by atoms with Crippen molar-refractivity contribution in [3.05, 3.63) is 58.0 Å². The van der Waals surface area contributed by atoms with Crippen LogP contribution in [0.1, 0.15) is 15.9 Å². The number of nitrogen functional groups attached to an aromatic ring is 1. The molecule has 0 radical (unpaired) electrons. The number of carbonyl (C=O) groups excluding carboxylic acids is 1. The molecule has 106 valence electrons. The van der Waals surface area contributed by atoms with Gasteiger partial charge in [-0.2, -0.15) is 0 Å². The van der Waals surface area contributed by atoms with Gasteiger partial charge in [0.2, 0.25) is 0 Å². The number of fused-ring (bicyclic) bond motifs is 1. The van der Waals surface area contributed by atoms with Gasteiger partial charge in [-0.15, -0.1) is 0 Å². The summed E-state index contributed by atoms with van der Waals surface area (Å²) in [6, 6.07) is 9.87. The minimum absolute atomic E-state index is 0.173. The van der Waals surface area contributed by atoms with Crippen molar-refractivity contribution in [1.82, 2.24) is 9.97 Å². The minimum Gasteiger partial charge on any atom is -0.495 e. The zero-order valence-corrected chi connectivity index (χ0v) is 11.3. The first kappa shape index (κ1) is 13.0. The van der Waals surface area contributed by atoms with E-state index in [0.29, 0.717) is 33.6 Å². The lowest BCUT2D eigenvalue weighted by atomic mass is 10.0. The Kier molecular flexibility index (Phi) is 2.98. The number of methoxy groups -OCH3 is 1. The van der Waals surface area contributed by atoms with Gasteiger partial charge in [0.25, 0.3) is 0 Å². The highest BCUT2D eigenvalue weighted by atomic mass is 16.5. The monoisotopic (exact) mass is 283 g/mol. The standard InChI is InChI=1S/C15H13N3O3/c1-21-13-5-3-8(6-10(13)16)14(19)9-2-4-11-12(7-9)18-15(20)17-11/h2-7H,16H2,1H3,(H2,17,18,20). The molecule has 0 bridgehead atoms. The van der Waals surface area contributed by atoms with Gasteiger partial charge < -0.3 is 20.4 Å². The van der Waals surface area contributed by atoms with Crippen molar-refractivity contribution in [1.29, 1.82) is 0 Å². The van der Waals surface area contributed by atoms with Crippen LogP contribution >= 0.6 is 0 Å². The van der Waals surface area contributed by atoms with E-state index in [1.165, 1.54) is 7.11 Å². The summed E-state index contributed by atoms with van der Waals surface area (Å²) in [4.78, 5) is 28.9. The predicted octanol–water partition coefficient (Wildman–Crippen LogP) is 1.68. The summed E-state index contributed by atoms with van der Waals surface area (Å²) in [5.74, 6) is 0.352. The number of ketones is 1. The molecule has 0 aliphatic rings. The van der Waals surface area contributed by atoms with Crippen molar-refractivity contribution >= 4 is 22.5 Å². The molecule has 6 nitrogen and oxygen atoms in total. The first-order chi connectivity index (χ1) is 10.1. The second-order valence-corrected chi connectivity index (χ2v) is 4.63. The topological polar surface area (TPSA) is 101 Å². The maximum atomic E-state index is 12.5. The minimum atomic E-state index is -0.303. The van der Waals surface area contributed by atoms with Crippen LogP contribution < -0.4 is 16.2 Å². The van der Waals surface area contributed by atoms with Crippen molar-refractivity contribution < 1.29 is 9.53 Å². The van der Waals surface area contributed by atoms with Gasteiger partial charge in [-0.1, -0.05) is 0 Å². The molecule has 0 aliphatic heterocycles. The lowest BCUT2D eigenvalue weighted by molar-refractivity contribution is 0.103. The Morgan fingerprint density at radius 2 is 1.71 bits per heavy atom. The fourth-order valence-electron chi connectivity index (χ4n) is 2.22. The number of rotatable bonds is 3. The number of nitrogens with two attached hydrogens (primary N) is 1. The number of benzene rings is 2. The number of aromatic nitrogens is 2. The molecule has 0 spiro atoms. The first-order valence-electron chi connectivity index (χ1n) is 6.29. The molecular weight excluding hydrogens is 270 g/mol. The van der Waals surface area contributed by atoms with Crippen LogP contribution in [0.2, 0.25) is 0 Å². The second-order valence-electron chi connectivity index (χ2n) is 4.63. The molecule has 0 atom stereocenters. The van der Waals surface area contributed by atoms with Crippen molar-refractivity contribution in [2.24, 2.45) is 0 Å². The Balaban J connectivity index is 2.03. The molecule has 0 amide bonds. The van der Waals surface area contributed by atoms with Crippen LogP contribution in [0.15, 0.2) is 41.2 Å². The Morgan fingerprint density at radius 3 is 2.43 bits per heavy atom. The Bertz CT molecular complexity index is 893. The van der Waals surface area contributed by atoms with Crippen LogP contribution in [0.5, 0.6) is 5.75 Å². The summed E-state index contributed by atoms with van der Waals surface area (Å²) in [5.41, 5.74) is 8.10. The molecule has 3 aromatic rings. The second kappa shape index (κ2) is 4.82. The van der Waals surface area contributed by atoms with Crippen LogP contribution in [-0.4, -0.2) is 22.9 Å². The van der Waals surface area contributed by atoms with Crippen LogP contribution in [-0.2, 0) is 0 Å². The first-order valence-corrected chi connectivity index (χ1v) is 6.29. The van der Waals surface area contributed by atoms with E-state index < -0.39 is 0 Å². The molecule has 0 saturated carbocycles. The molecule has 4 N–H and O–H groups in total. The molecular formula is C15H13N3O3. The van der Waals surface area contributed by atoms with E-state index in [1.54, 1.807) is 36.4 Å². The van der Waals surface area contributed by atoms with Gasteiger partial charge in [-0.3, -0.25) is 4.79 Å². The van der Waals surface area contributed by atoms with E-state index in [1.807, 2.05) is 0 Å². The third kappa shape index (κ3) is 2.27. The number of nitrogens with one attached hydrogen (secondary N) is 2. The van der Waals surface area contributed by atoms with Gasteiger partial charge in [0, 0.05) is 11.1 Å². The van der Waals surface area contributed by atoms with Crippen molar-refractivity contribution in [3.8, 4) is 5.75 Å². The molecule has 1 aromatic heterocycles. The molecule has 0 unspecified atom stereocenters. The normalized spacial score (nSPS) is 10.7. The summed E-state index contributed by atoms with van der Waals surface area (Å²) >= 11 is 0. The maximum Gasteiger partial charge on any atom is 0.323 e. The highest BCUT2D eigenvalue weighted by molar-refractivity contribution is 6.10. The zero-order valence-electron chi connectivity index (χ0n) is 11.3. The number of hydrogen-bond donors (Lipinski definition) is 3. The lowest BCUT2D eigenvalue weighted by Crippen LogP contribution is -2.03. The quantitative estimate of drug-likeness (QED) is 0.502. The van der Waals surface area contributed by atoms with Crippen LogP contribution in [0.25, 0.3) is 11.0 Å². The van der Waals surface area contributed by atoms with Crippen molar-refractivity contribution in [2.75, 3.05) is 12.8 Å². The van der Waals surface area contributed by atoms with Crippen molar-refractivity contribution in [2.45, 2.75) is 0 Å². The maximum absolute atomic E-state index is 12.5. The van der Waals surface area contributed by atoms with Gasteiger partial charge in [0.1, 0.15) is 5.75 Å². The number of aromatic amines is 2. The lowest BCUT2D eigenvalue weighted by Gasteiger charge is -2.06. The Morgan fingerprint density at radius 1 is 1.05 bits per heavy atom. The van der Waals surface area contributed by atoms with Gasteiger partial charge in [0.05, 0.1) is 23.8 Å². The molecule has 0 saturated heterocycles. The van der Waals surface area contributed by atoms with Crippen LogP contribution in [0.3, 0.4) is 0 Å². The molecule has 0 aliphatic carbocycles. The van der Waals surface area contributed by atoms with E-state index in [0.717, 1.165) is 0 Å². The Labute approximate surface area is 119 Å². The van der Waals surface area contributed by atoms with Crippen molar-refractivity contribution in [3.63, 3.8) is 0 Å². The highest BCUT2D eigenvalue weighted by Crippen LogP contribution is 2.24. The molecule has 1 heterocycles. The van der Waals surface area contributed by atoms with E-state index >= 15 is 0 Å². The third-order valence-electron chi connectivity index (χ3n) is 3.27. The summed E-state index contributed by atoms with van der Waals surface area (Å²) in [6.45, 7) is 0. The highest BCUT2D eigenvalue weighted by Gasteiger charge is 2.12. The van der Waals surface area contributed by atoms with E-state index in [9.17, 15) is 9.59 Å². The molecule has 2 aromatic carbocycles. The van der Waals surface area contributed by atoms with Gasteiger partial charge in [-0.05, 0) is 36.4 Å². The van der Waals surface area contributed by atoms with Crippen LogP contribution in [0, 0.1) is 0 Å². The zero-order chi connectivity index (χ0) is 15.0.